The van der Waals surface area contributed by atoms with Gasteiger partial charge >= 0.3 is 0 Å². The number of allylic oxidation sites excluding steroid dienone is 2. The molecule has 0 saturated carbocycles. The summed E-state index contributed by atoms with van der Waals surface area (Å²) in [5, 5.41) is 3.37. The molecule has 1 N–H and O–H groups in total. The van der Waals surface area contributed by atoms with E-state index in [0.717, 1.165) is 43.7 Å². The van der Waals surface area contributed by atoms with Crippen molar-refractivity contribution in [1.29, 1.82) is 0 Å². The van der Waals surface area contributed by atoms with E-state index < -0.39 is 0 Å². The summed E-state index contributed by atoms with van der Waals surface area (Å²) in [6, 6.07) is 0. The molecule has 3 heteroatoms. The first-order valence-corrected chi connectivity index (χ1v) is 6.31. The van der Waals surface area contributed by atoms with Crippen LogP contribution in [0, 0.1) is 0 Å². The molecule has 17 heavy (non-hydrogen) atoms. The van der Waals surface area contributed by atoms with Crippen molar-refractivity contribution in [2.45, 2.75) is 38.7 Å². The highest BCUT2D eigenvalue weighted by Crippen LogP contribution is 2.31. The molecule has 0 aromatic carbocycles. The van der Waals surface area contributed by atoms with E-state index in [1.807, 2.05) is 13.0 Å². The second kappa shape index (κ2) is 6.60. The molecule has 0 spiro atoms. The van der Waals surface area contributed by atoms with E-state index in [0.29, 0.717) is 0 Å². The number of rotatable bonds is 5. The highest BCUT2D eigenvalue weighted by molar-refractivity contribution is 5.72. The van der Waals surface area contributed by atoms with E-state index >= 15 is 0 Å². The van der Waals surface area contributed by atoms with Gasteiger partial charge in [-0.3, -0.25) is 4.99 Å². The zero-order valence-corrected chi connectivity index (χ0v) is 11.3. The van der Waals surface area contributed by atoms with Gasteiger partial charge in [0.2, 0.25) is 0 Å². The van der Waals surface area contributed by atoms with Crippen molar-refractivity contribution in [3.8, 4) is 0 Å². The molecule has 0 aromatic rings. The van der Waals surface area contributed by atoms with Crippen LogP contribution in [0.1, 0.15) is 33.1 Å². The Hall–Kier alpha value is -1.09. The van der Waals surface area contributed by atoms with E-state index in [1.165, 1.54) is 0 Å². The van der Waals surface area contributed by atoms with Crippen molar-refractivity contribution < 1.29 is 4.74 Å². The number of nitrogens with one attached hydrogen (secondary N) is 1. The normalized spacial score (nSPS) is 20.5. The average molecular weight is 236 g/mol. The van der Waals surface area contributed by atoms with Crippen molar-refractivity contribution in [2.24, 2.45) is 4.99 Å². The number of aliphatic imine (C=N–C) groups is 1. The molecule has 1 rings (SSSR count). The summed E-state index contributed by atoms with van der Waals surface area (Å²) in [7, 11) is 1.76. The number of hydrogen-bond donors (Lipinski definition) is 1. The highest BCUT2D eigenvalue weighted by atomic mass is 16.5. The lowest BCUT2D eigenvalue weighted by atomic mass is 9.89. The fourth-order valence-corrected chi connectivity index (χ4v) is 2.05. The molecule has 1 aliphatic rings. The summed E-state index contributed by atoms with van der Waals surface area (Å²) in [6.07, 6.45) is 6.80. The van der Waals surface area contributed by atoms with Crippen LogP contribution in [-0.2, 0) is 4.74 Å². The van der Waals surface area contributed by atoms with Crippen LogP contribution in [0.15, 0.2) is 29.0 Å². The van der Waals surface area contributed by atoms with Crippen LogP contribution in [0.3, 0.4) is 0 Å². The SMILES string of the molecule is C=C(C)/C(=C\C=NC)OC1(CC)CCNCC1. The minimum absolute atomic E-state index is 0.0301. The molecule has 1 fully saturated rings. The fraction of sp³-hybridized carbons (Fsp3) is 0.643. The predicted octanol–water partition coefficient (Wildman–Crippen LogP) is 2.70. The van der Waals surface area contributed by atoms with E-state index in [1.54, 1.807) is 13.3 Å². The maximum atomic E-state index is 6.22. The molecule has 0 radical (unpaired) electrons. The van der Waals surface area contributed by atoms with Crippen LogP contribution < -0.4 is 5.32 Å². The maximum Gasteiger partial charge on any atom is 0.123 e. The van der Waals surface area contributed by atoms with Gasteiger partial charge in [-0.1, -0.05) is 13.5 Å². The lowest BCUT2D eigenvalue weighted by Crippen LogP contribution is -2.43. The van der Waals surface area contributed by atoms with Crippen LogP contribution >= 0.6 is 0 Å². The first-order valence-electron chi connectivity index (χ1n) is 6.31. The summed E-state index contributed by atoms with van der Waals surface area (Å²) in [4.78, 5) is 3.96. The Morgan fingerprint density at radius 2 is 2.12 bits per heavy atom. The quantitative estimate of drug-likeness (QED) is 0.452. The molecule has 1 heterocycles. The summed E-state index contributed by atoms with van der Waals surface area (Å²) >= 11 is 0. The first kappa shape index (κ1) is 14.0. The van der Waals surface area contributed by atoms with Crippen molar-refractivity contribution in [3.63, 3.8) is 0 Å². The van der Waals surface area contributed by atoms with E-state index in [9.17, 15) is 0 Å². The molecule has 3 nitrogen and oxygen atoms in total. The summed E-state index contributed by atoms with van der Waals surface area (Å²) in [5.74, 6) is 0.861. The Morgan fingerprint density at radius 1 is 1.47 bits per heavy atom. The largest absolute Gasteiger partial charge is 0.487 e. The fourth-order valence-electron chi connectivity index (χ4n) is 2.05. The van der Waals surface area contributed by atoms with Crippen molar-refractivity contribution in [2.75, 3.05) is 20.1 Å². The van der Waals surface area contributed by atoms with Crippen LogP contribution in [0.25, 0.3) is 0 Å². The summed E-state index contributed by atoms with van der Waals surface area (Å²) in [6.45, 7) is 10.2. The Kier molecular flexibility index (Phi) is 5.42. The zero-order chi connectivity index (χ0) is 12.7. The van der Waals surface area contributed by atoms with Crippen LogP contribution in [0.5, 0.6) is 0 Å². The van der Waals surface area contributed by atoms with Crippen LogP contribution in [0.4, 0.5) is 0 Å². The molecule has 0 aliphatic carbocycles. The van der Waals surface area contributed by atoms with Gasteiger partial charge in [-0.15, -0.1) is 0 Å². The molecule has 0 aromatic heterocycles. The Balaban J connectivity index is 2.79. The Labute approximate surface area is 105 Å². The molecule has 96 valence electrons. The lowest BCUT2D eigenvalue weighted by Gasteiger charge is -2.38. The molecule has 0 bridgehead atoms. The molecule has 0 atom stereocenters. The van der Waals surface area contributed by atoms with E-state index in [2.05, 4.69) is 23.8 Å². The third-order valence-corrected chi connectivity index (χ3v) is 3.28. The predicted molar refractivity (Wildman–Crippen MR) is 73.5 cm³/mol. The monoisotopic (exact) mass is 236 g/mol. The van der Waals surface area contributed by atoms with Crippen molar-refractivity contribution >= 4 is 6.21 Å². The van der Waals surface area contributed by atoms with Crippen molar-refractivity contribution in [1.82, 2.24) is 5.32 Å². The van der Waals surface area contributed by atoms with Gasteiger partial charge in [0.1, 0.15) is 11.4 Å². The number of piperidine rings is 1. The molecule has 0 unspecified atom stereocenters. The molecular formula is C14H24N2O. The Bertz CT molecular complexity index is 312. The van der Waals surface area contributed by atoms with E-state index in [4.69, 9.17) is 4.74 Å². The molecule has 1 aliphatic heterocycles. The first-order chi connectivity index (χ1) is 8.13. The third-order valence-electron chi connectivity index (χ3n) is 3.28. The minimum Gasteiger partial charge on any atom is -0.487 e. The van der Waals surface area contributed by atoms with Gasteiger partial charge < -0.3 is 10.1 Å². The lowest BCUT2D eigenvalue weighted by molar-refractivity contribution is -0.0222. The Morgan fingerprint density at radius 3 is 2.59 bits per heavy atom. The number of ether oxygens (including phenoxy) is 1. The number of hydrogen-bond acceptors (Lipinski definition) is 3. The van der Waals surface area contributed by atoms with Gasteiger partial charge in [0.15, 0.2) is 0 Å². The van der Waals surface area contributed by atoms with Gasteiger partial charge in [0.25, 0.3) is 0 Å². The van der Waals surface area contributed by atoms with Crippen LogP contribution in [0.2, 0.25) is 0 Å². The van der Waals surface area contributed by atoms with Crippen molar-refractivity contribution in [3.05, 3.63) is 24.0 Å². The van der Waals surface area contributed by atoms with Gasteiger partial charge in [-0.05, 0) is 50.9 Å². The second-order valence-corrected chi connectivity index (χ2v) is 4.61. The highest BCUT2D eigenvalue weighted by Gasteiger charge is 2.32. The minimum atomic E-state index is -0.0301. The zero-order valence-electron chi connectivity index (χ0n) is 11.3. The standard InChI is InChI=1S/C14H24N2O/c1-5-14(7-10-16-11-8-14)17-13(12(2)3)6-9-15-4/h6,9,16H,2,5,7-8,10-11H2,1,3-4H3/b13-6+,15-9?. The summed E-state index contributed by atoms with van der Waals surface area (Å²) < 4.78 is 6.22. The average Bonchev–Trinajstić information content (AvgIpc) is 2.35. The number of nitrogens with zero attached hydrogens (tertiary/aromatic N) is 1. The molecular weight excluding hydrogens is 212 g/mol. The smallest absolute Gasteiger partial charge is 0.123 e. The topological polar surface area (TPSA) is 33.6 Å². The van der Waals surface area contributed by atoms with Gasteiger partial charge in [0.05, 0.1) is 0 Å². The van der Waals surface area contributed by atoms with Gasteiger partial charge in [0, 0.05) is 13.3 Å². The second-order valence-electron chi connectivity index (χ2n) is 4.61. The molecule has 1 saturated heterocycles. The van der Waals surface area contributed by atoms with Gasteiger partial charge in [-0.2, -0.15) is 0 Å². The van der Waals surface area contributed by atoms with Crippen LogP contribution in [-0.4, -0.2) is 32.0 Å². The van der Waals surface area contributed by atoms with E-state index in [-0.39, 0.29) is 5.60 Å². The third kappa shape index (κ3) is 4.00. The maximum absolute atomic E-state index is 6.22. The van der Waals surface area contributed by atoms with Gasteiger partial charge in [-0.25, -0.2) is 0 Å². The molecule has 0 amide bonds. The summed E-state index contributed by atoms with van der Waals surface area (Å²) in [5.41, 5.74) is 0.925.